The lowest BCUT2D eigenvalue weighted by molar-refractivity contribution is -0.117. The van der Waals surface area contributed by atoms with Crippen LogP contribution < -0.4 is 5.32 Å². The van der Waals surface area contributed by atoms with Crippen LogP contribution in [0.2, 0.25) is 0 Å². The van der Waals surface area contributed by atoms with Gasteiger partial charge in [-0.25, -0.2) is 0 Å². The normalized spacial score (nSPS) is 15.3. The van der Waals surface area contributed by atoms with Gasteiger partial charge in [0.1, 0.15) is 0 Å². The second kappa shape index (κ2) is 3.37. The lowest BCUT2D eigenvalue weighted by atomic mass is 10.2. The summed E-state index contributed by atoms with van der Waals surface area (Å²) in [5.74, 6) is 0.415. The highest BCUT2D eigenvalue weighted by Crippen LogP contribution is 2.30. The number of anilines is 1. The molecule has 1 heterocycles. The van der Waals surface area contributed by atoms with E-state index in [1.54, 1.807) is 0 Å². The minimum atomic E-state index is 0.161. The van der Waals surface area contributed by atoms with Crippen LogP contribution in [-0.4, -0.2) is 10.5 Å². The van der Waals surface area contributed by atoms with Crippen LogP contribution in [0.3, 0.4) is 0 Å². The number of rotatable bonds is 2. The van der Waals surface area contributed by atoms with E-state index in [9.17, 15) is 4.79 Å². The van der Waals surface area contributed by atoms with Crippen LogP contribution in [0.15, 0.2) is 30.5 Å². The Kier molecular flexibility index (Phi) is 1.99. The van der Waals surface area contributed by atoms with Gasteiger partial charge in [-0.15, -0.1) is 0 Å². The minimum Gasteiger partial charge on any atom is -0.350 e. The summed E-state index contributed by atoms with van der Waals surface area (Å²) in [5.41, 5.74) is 2.04. The molecule has 1 fully saturated rings. The molecule has 1 aromatic heterocycles. The van der Waals surface area contributed by atoms with Crippen molar-refractivity contribution in [3.63, 3.8) is 0 Å². The van der Waals surface area contributed by atoms with Gasteiger partial charge in [-0.2, -0.15) is 0 Å². The molecule has 0 aliphatic heterocycles. The fraction of sp³-hybridized carbons (Fsp3) is 0.308. The van der Waals surface area contributed by atoms with E-state index in [-0.39, 0.29) is 11.8 Å². The zero-order valence-corrected chi connectivity index (χ0v) is 9.23. The summed E-state index contributed by atoms with van der Waals surface area (Å²) in [4.78, 5) is 11.6. The maximum Gasteiger partial charge on any atom is 0.227 e. The highest BCUT2D eigenvalue weighted by Gasteiger charge is 2.29. The number of hydrogen-bond donors (Lipinski definition) is 1. The molecule has 0 radical (unpaired) electrons. The molecule has 1 aliphatic rings. The molecule has 1 aliphatic carbocycles. The van der Waals surface area contributed by atoms with Crippen LogP contribution >= 0.6 is 0 Å². The molecule has 16 heavy (non-hydrogen) atoms. The fourth-order valence-corrected chi connectivity index (χ4v) is 1.93. The third kappa shape index (κ3) is 1.58. The van der Waals surface area contributed by atoms with Crippen LogP contribution in [-0.2, 0) is 11.8 Å². The van der Waals surface area contributed by atoms with Crippen molar-refractivity contribution < 1.29 is 4.79 Å². The van der Waals surface area contributed by atoms with Crippen LogP contribution in [0.5, 0.6) is 0 Å². The van der Waals surface area contributed by atoms with E-state index in [1.807, 2.05) is 31.4 Å². The van der Waals surface area contributed by atoms with Crippen molar-refractivity contribution in [2.24, 2.45) is 13.0 Å². The maximum absolute atomic E-state index is 11.6. The number of benzene rings is 1. The molecule has 82 valence electrons. The number of aromatic nitrogens is 1. The van der Waals surface area contributed by atoms with E-state index in [0.717, 1.165) is 24.0 Å². The van der Waals surface area contributed by atoms with Crippen molar-refractivity contribution in [1.29, 1.82) is 0 Å². The molecule has 1 aromatic carbocycles. The third-order valence-electron chi connectivity index (χ3n) is 3.10. The Morgan fingerprint density at radius 1 is 1.38 bits per heavy atom. The number of carbonyl (C=O) groups excluding carboxylic acids is 1. The van der Waals surface area contributed by atoms with Gasteiger partial charge in [-0.05, 0) is 36.4 Å². The summed E-state index contributed by atoms with van der Waals surface area (Å²) in [6, 6.07) is 8.10. The number of amides is 1. The molecule has 1 N–H and O–H groups in total. The number of hydrogen-bond acceptors (Lipinski definition) is 1. The molecule has 0 unspecified atom stereocenters. The van der Waals surface area contributed by atoms with Crippen molar-refractivity contribution in [3.8, 4) is 0 Å². The van der Waals surface area contributed by atoms with Crippen molar-refractivity contribution in [1.82, 2.24) is 4.57 Å². The Morgan fingerprint density at radius 3 is 2.94 bits per heavy atom. The SMILES string of the molecule is Cn1ccc2ccc(NC(=O)C3CC3)cc21. The number of carbonyl (C=O) groups is 1. The van der Waals surface area contributed by atoms with Crippen LogP contribution in [0.4, 0.5) is 5.69 Å². The number of nitrogens with one attached hydrogen (secondary N) is 1. The molecule has 3 heteroatoms. The number of fused-ring (bicyclic) bond motifs is 1. The molecule has 0 spiro atoms. The zero-order valence-electron chi connectivity index (χ0n) is 9.23. The highest BCUT2D eigenvalue weighted by molar-refractivity contribution is 5.96. The van der Waals surface area contributed by atoms with Gasteiger partial charge in [-0.3, -0.25) is 4.79 Å². The van der Waals surface area contributed by atoms with Gasteiger partial charge >= 0.3 is 0 Å². The van der Waals surface area contributed by atoms with Gasteiger partial charge in [0.15, 0.2) is 0 Å². The quantitative estimate of drug-likeness (QED) is 0.819. The molecule has 3 rings (SSSR count). The first-order chi connectivity index (χ1) is 7.74. The topological polar surface area (TPSA) is 34.0 Å². The van der Waals surface area contributed by atoms with Gasteiger partial charge in [0.25, 0.3) is 0 Å². The first-order valence-electron chi connectivity index (χ1n) is 5.60. The maximum atomic E-state index is 11.6. The average molecular weight is 214 g/mol. The summed E-state index contributed by atoms with van der Waals surface area (Å²) in [5, 5.41) is 4.16. The van der Waals surface area contributed by atoms with Gasteiger partial charge in [0.05, 0.1) is 0 Å². The Morgan fingerprint density at radius 2 is 2.19 bits per heavy atom. The molecule has 2 aromatic rings. The van der Waals surface area contributed by atoms with Gasteiger partial charge in [-0.1, -0.05) is 6.07 Å². The van der Waals surface area contributed by atoms with Crippen molar-refractivity contribution in [2.75, 3.05) is 5.32 Å². The van der Waals surface area contributed by atoms with Crippen molar-refractivity contribution >= 4 is 22.5 Å². The molecular weight excluding hydrogens is 200 g/mol. The highest BCUT2D eigenvalue weighted by atomic mass is 16.2. The van der Waals surface area contributed by atoms with E-state index in [1.165, 1.54) is 5.39 Å². The predicted octanol–water partition coefficient (Wildman–Crippen LogP) is 2.53. The Balaban J connectivity index is 1.91. The monoisotopic (exact) mass is 214 g/mol. The molecule has 1 amide bonds. The molecule has 1 saturated carbocycles. The summed E-state index contributed by atoms with van der Waals surface area (Å²) in [6.07, 6.45) is 4.10. The average Bonchev–Trinajstić information content (AvgIpc) is 3.06. The number of aryl methyl sites for hydroxylation is 1. The first kappa shape index (κ1) is 9.46. The third-order valence-corrected chi connectivity index (χ3v) is 3.10. The lowest BCUT2D eigenvalue weighted by Crippen LogP contribution is -2.13. The van der Waals surface area contributed by atoms with Crippen LogP contribution in [0, 0.1) is 5.92 Å². The van der Waals surface area contributed by atoms with E-state index in [4.69, 9.17) is 0 Å². The predicted molar refractivity (Wildman–Crippen MR) is 64.3 cm³/mol. The van der Waals surface area contributed by atoms with E-state index < -0.39 is 0 Å². The van der Waals surface area contributed by atoms with E-state index in [2.05, 4.69) is 16.0 Å². The van der Waals surface area contributed by atoms with Gasteiger partial charge in [0, 0.05) is 30.4 Å². The first-order valence-corrected chi connectivity index (χ1v) is 5.60. The smallest absolute Gasteiger partial charge is 0.227 e. The molecule has 3 nitrogen and oxygen atoms in total. The van der Waals surface area contributed by atoms with E-state index in [0.29, 0.717) is 0 Å². The fourth-order valence-electron chi connectivity index (χ4n) is 1.93. The Hall–Kier alpha value is -1.77. The van der Waals surface area contributed by atoms with Crippen molar-refractivity contribution in [3.05, 3.63) is 30.5 Å². The van der Waals surface area contributed by atoms with E-state index >= 15 is 0 Å². The summed E-state index contributed by atoms with van der Waals surface area (Å²) < 4.78 is 2.06. The second-order valence-corrected chi connectivity index (χ2v) is 4.46. The zero-order chi connectivity index (χ0) is 11.1. The molecule has 0 saturated heterocycles. The van der Waals surface area contributed by atoms with Gasteiger partial charge in [0.2, 0.25) is 5.91 Å². The summed E-state index contributed by atoms with van der Waals surface area (Å²) in [6.45, 7) is 0. The van der Waals surface area contributed by atoms with Gasteiger partial charge < -0.3 is 9.88 Å². The molecule has 0 atom stereocenters. The van der Waals surface area contributed by atoms with Crippen molar-refractivity contribution in [2.45, 2.75) is 12.8 Å². The molecular formula is C13H14N2O. The van der Waals surface area contributed by atoms with Crippen LogP contribution in [0.25, 0.3) is 10.9 Å². The Labute approximate surface area is 94.1 Å². The Bertz CT molecular complexity index is 552. The molecule has 0 bridgehead atoms. The number of nitrogens with zero attached hydrogens (tertiary/aromatic N) is 1. The lowest BCUT2D eigenvalue weighted by Gasteiger charge is -2.05. The standard InChI is InChI=1S/C13H14N2O/c1-15-7-6-9-4-5-11(8-12(9)15)14-13(16)10-2-3-10/h4-8,10H,2-3H2,1H3,(H,14,16). The largest absolute Gasteiger partial charge is 0.350 e. The summed E-state index contributed by atoms with van der Waals surface area (Å²) in [7, 11) is 2.01. The minimum absolute atomic E-state index is 0.161. The second-order valence-electron chi connectivity index (χ2n) is 4.46. The van der Waals surface area contributed by atoms with Crippen LogP contribution in [0.1, 0.15) is 12.8 Å². The summed E-state index contributed by atoms with van der Waals surface area (Å²) >= 11 is 0.